The molecular formula is C21H25FN2O. The van der Waals surface area contributed by atoms with Crippen LogP contribution < -0.4 is 5.32 Å². The molecule has 1 aliphatic rings. The molecular weight excluding hydrogens is 315 g/mol. The van der Waals surface area contributed by atoms with Gasteiger partial charge in [0.15, 0.2) is 0 Å². The average Bonchev–Trinajstić information content (AvgIpc) is 2.64. The fraction of sp³-hybridized carbons (Fsp3) is 0.381. The van der Waals surface area contributed by atoms with Crippen LogP contribution in [-0.2, 0) is 11.2 Å². The molecule has 2 aromatic rings. The maximum atomic E-state index is 13.9. The third-order valence-electron chi connectivity index (χ3n) is 4.73. The van der Waals surface area contributed by atoms with Crippen molar-refractivity contribution in [2.75, 3.05) is 18.4 Å². The first-order valence-corrected chi connectivity index (χ1v) is 8.96. The highest BCUT2D eigenvalue weighted by Crippen LogP contribution is 2.21. The van der Waals surface area contributed by atoms with E-state index in [2.05, 4.69) is 5.32 Å². The third kappa shape index (κ3) is 4.81. The summed E-state index contributed by atoms with van der Waals surface area (Å²) in [7, 11) is 0. The van der Waals surface area contributed by atoms with Crippen LogP contribution in [-0.4, -0.2) is 29.9 Å². The second kappa shape index (κ2) is 8.15. The molecule has 3 nitrogen and oxygen atoms in total. The number of hydrogen-bond donors (Lipinski definition) is 1. The summed E-state index contributed by atoms with van der Waals surface area (Å²) in [5.74, 6) is -0.0572. The van der Waals surface area contributed by atoms with Crippen molar-refractivity contribution in [2.24, 2.45) is 0 Å². The zero-order valence-electron chi connectivity index (χ0n) is 14.7. The molecule has 1 fully saturated rings. The van der Waals surface area contributed by atoms with Crippen LogP contribution in [0.25, 0.3) is 0 Å². The van der Waals surface area contributed by atoms with Crippen molar-refractivity contribution in [3.63, 3.8) is 0 Å². The Bertz CT molecular complexity index is 717. The Morgan fingerprint density at radius 2 is 2.04 bits per heavy atom. The molecule has 1 amide bonds. The highest BCUT2D eigenvalue weighted by atomic mass is 19.1. The van der Waals surface area contributed by atoms with Crippen LogP contribution in [0.4, 0.5) is 10.1 Å². The molecule has 0 aliphatic carbocycles. The van der Waals surface area contributed by atoms with Gasteiger partial charge in [-0.15, -0.1) is 0 Å². The predicted octanol–water partition coefficient (Wildman–Crippen LogP) is 4.17. The molecule has 0 spiro atoms. The number of aryl methyl sites for hydroxylation is 2. The van der Waals surface area contributed by atoms with Crippen LogP contribution in [0.1, 0.15) is 30.4 Å². The zero-order chi connectivity index (χ0) is 17.6. The van der Waals surface area contributed by atoms with Gasteiger partial charge in [0.1, 0.15) is 5.82 Å². The molecule has 1 saturated heterocycles. The van der Waals surface area contributed by atoms with Gasteiger partial charge in [0, 0.05) is 25.6 Å². The number of nitrogens with one attached hydrogen (secondary N) is 1. The summed E-state index contributed by atoms with van der Waals surface area (Å²) in [4.78, 5) is 14.4. The van der Waals surface area contributed by atoms with E-state index in [1.54, 1.807) is 6.07 Å². The van der Waals surface area contributed by atoms with Gasteiger partial charge in [-0.05, 0) is 49.4 Å². The first-order valence-electron chi connectivity index (χ1n) is 8.96. The van der Waals surface area contributed by atoms with Gasteiger partial charge in [-0.3, -0.25) is 4.79 Å². The SMILES string of the molecule is Cc1ccc(F)c(NC2CCCN(C(=O)CCc3ccccc3)C2)c1. The molecule has 1 N–H and O–H groups in total. The van der Waals surface area contributed by atoms with E-state index in [4.69, 9.17) is 0 Å². The molecule has 1 unspecified atom stereocenters. The monoisotopic (exact) mass is 340 g/mol. The lowest BCUT2D eigenvalue weighted by Gasteiger charge is -2.34. The summed E-state index contributed by atoms with van der Waals surface area (Å²) in [6, 6.07) is 15.3. The Morgan fingerprint density at radius 1 is 1.24 bits per heavy atom. The topological polar surface area (TPSA) is 32.3 Å². The molecule has 0 radical (unpaired) electrons. The maximum Gasteiger partial charge on any atom is 0.222 e. The molecule has 0 bridgehead atoms. The van der Waals surface area contributed by atoms with E-state index >= 15 is 0 Å². The summed E-state index contributed by atoms with van der Waals surface area (Å²) in [5.41, 5.74) is 2.74. The molecule has 1 atom stereocenters. The number of benzene rings is 2. The van der Waals surface area contributed by atoms with Crippen molar-refractivity contribution in [1.29, 1.82) is 0 Å². The molecule has 0 aromatic heterocycles. The maximum absolute atomic E-state index is 13.9. The Morgan fingerprint density at radius 3 is 2.84 bits per heavy atom. The zero-order valence-corrected chi connectivity index (χ0v) is 14.7. The van der Waals surface area contributed by atoms with Crippen LogP contribution in [0.15, 0.2) is 48.5 Å². The molecule has 25 heavy (non-hydrogen) atoms. The van der Waals surface area contributed by atoms with Gasteiger partial charge in [-0.2, -0.15) is 0 Å². The molecule has 4 heteroatoms. The van der Waals surface area contributed by atoms with E-state index < -0.39 is 0 Å². The van der Waals surface area contributed by atoms with Crippen molar-refractivity contribution >= 4 is 11.6 Å². The van der Waals surface area contributed by atoms with Gasteiger partial charge in [0.05, 0.1) is 5.69 Å². The first kappa shape index (κ1) is 17.5. The number of carbonyl (C=O) groups excluding carboxylic acids is 1. The van der Waals surface area contributed by atoms with E-state index in [0.717, 1.165) is 31.4 Å². The second-order valence-electron chi connectivity index (χ2n) is 6.79. The number of nitrogens with zero attached hydrogens (tertiary/aromatic N) is 1. The number of likely N-dealkylation sites (tertiary alicyclic amines) is 1. The van der Waals surface area contributed by atoms with Gasteiger partial charge in [0.2, 0.25) is 5.91 Å². The van der Waals surface area contributed by atoms with Crippen LogP contribution in [0.3, 0.4) is 0 Å². The Labute approximate surface area is 148 Å². The van der Waals surface area contributed by atoms with Crippen molar-refractivity contribution in [2.45, 2.75) is 38.6 Å². The van der Waals surface area contributed by atoms with Crippen LogP contribution in [0.2, 0.25) is 0 Å². The summed E-state index contributed by atoms with van der Waals surface area (Å²) in [5, 5.41) is 3.28. The molecule has 1 aliphatic heterocycles. The van der Waals surface area contributed by atoms with E-state index in [0.29, 0.717) is 18.7 Å². The number of halogens is 1. The minimum atomic E-state index is -0.238. The highest BCUT2D eigenvalue weighted by Gasteiger charge is 2.23. The number of anilines is 1. The number of piperidine rings is 1. The third-order valence-corrected chi connectivity index (χ3v) is 4.73. The lowest BCUT2D eigenvalue weighted by Crippen LogP contribution is -2.45. The highest BCUT2D eigenvalue weighted by molar-refractivity contribution is 5.76. The smallest absolute Gasteiger partial charge is 0.222 e. The van der Waals surface area contributed by atoms with E-state index in [-0.39, 0.29) is 17.8 Å². The van der Waals surface area contributed by atoms with E-state index in [1.807, 2.05) is 48.2 Å². The number of rotatable bonds is 5. The van der Waals surface area contributed by atoms with Gasteiger partial charge in [-0.1, -0.05) is 36.4 Å². The predicted molar refractivity (Wildman–Crippen MR) is 99.1 cm³/mol. The standard InChI is InChI=1S/C21H25FN2O/c1-16-9-11-19(22)20(14-16)23-18-8-5-13-24(15-18)21(25)12-10-17-6-3-2-4-7-17/h2-4,6-7,9,11,14,18,23H,5,8,10,12-13,15H2,1H3. The van der Waals surface area contributed by atoms with Crippen molar-refractivity contribution in [1.82, 2.24) is 4.90 Å². The molecule has 3 rings (SSSR count). The van der Waals surface area contributed by atoms with Crippen molar-refractivity contribution < 1.29 is 9.18 Å². The molecule has 1 heterocycles. The molecule has 132 valence electrons. The minimum Gasteiger partial charge on any atom is -0.378 e. The minimum absolute atomic E-state index is 0.103. The van der Waals surface area contributed by atoms with E-state index in [9.17, 15) is 9.18 Å². The van der Waals surface area contributed by atoms with Gasteiger partial charge in [-0.25, -0.2) is 4.39 Å². The van der Waals surface area contributed by atoms with Gasteiger partial charge >= 0.3 is 0 Å². The number of hydrogen-bond acceptors (Lipinski definition) is 2. The Balaban J connectivity index is 1.55. The van der Waals surface area contributed by atoms with Crippen molar-refractivity contribution in [3.05, 3.63) is 65.5 Å². The van der Waals surface area contributed by atoms with Gasteiger partial charge < -0.3 is 10.2 Å². The van der Waals surface area contributed by atoms with Gasteiger partial charge in [0.25, 0.3) is 0 Å². The molecule has 2 aromatic carbocycles. The first-order chi connectivity index (χ1) is 12.1. The van der Waals surface area contributed by atoms with Crippen molar-refractivity contribution in [3.8, 4) is 0 Å². The quantitative estimate of drug-likeness (QED) is 0.886. The molecule has 0 saturated carbocycles. The fourth-order valence-electron chi connectivity index (χ4n) is 3.35. The summed E-state index contributed by atoms with van der Waals surface area (Å²) < 4.78 is 13.9. The van der Waals surface area contributed by atoms with E-state index in [1.165, 1.54) is 11.6 Å². The fourth-order valence-corrected chi connectivity index (χ4v) is 3.35. The lowest BCUT2D eigenvalue weighted by atomic mass is 10.0. The largest absolute Gasteiger partial charge is 0.378 e. The second-order valence-corrected chi connectivity index (χ2v) is 6.79. The average molecular weight is 340 g/mol. The summed E-state index contributed by atoms with van der Waals surface area (Å²) >= 11 is 0. The van der Waals surface area contributed by atoms with Crippen LogP contribution >= 0.6 is 0 Å². The summed E-state index contributed by atoms with van der Waals surface area (Å²) in [6.45, 7) is 3.38. The number of carbonyl (C=O) groups is 1. The van der Waals surface area contributed by atoms with Crippen LogP contribution in [0.5, 0.6) is 0 Å². The lowest BCUT2D eigenvalue weighted by molar-refractivity contribution is -0.132. The normalized spacial score (nSPS) is 17.4. The summed E-state index contributed by atoms with van der Waals surface area (Å²) in [6.07, 6.45) is 3.19. The van der Waals surface area contributed by atoms with Crippen LogP contribution in [0, 0.1) is 12.7 Å². The number of amides is 1. The Kier molecular flexibility index (Phi) is 5.69. The Hall–Kier alpha value is -2.36.